The van der Waals surface area contributed by atoms with Crippen molar-refractivity contribution >= 4 is 22.5 Å². The molecule has 1 aliphatic carbocycles. The zero-order chi connectivity index (χ0) is 20.0. The van der Waals surface area contributed by atoms with Gasteiger partial charge in [-0.2, -0.15) is 0 Å². The molecule has 3 N–H and O–H groups in total. The number of carbonyl (C=O) groups is 1. The predicted octanol–water partition coefficient (Wildman–Crippen LogP) is 3.71. The van der Waals surface area contributed by atoms with Gasteiger partial charge < -0.3 is 24.9 Å². The number of fused-ring (bicyclic) bond motifs is 2. The lowest BCUT2D eigenvalue weighted by Gasteiger charge is -2.21. The Balaban J connectivity index is 1.38. The van der Waals surface area contributed by atoms with Crippen LogP contribution in [0.1, 0.15) is 36.9 Å². The monoisotopic (exact) mass is 392 g/mol. The predicted molar refractivity (Wildman–Crippen MR) is 111 cm³/mol. The molecule has 1 saturated carbocycles. The van der Waals surface area contributed by atoms with Gasteiger partial charge >= 0.3 is 0 Å². The van der Waals surface area contributed by atoms with Gasteiger partial charge in [-0.3, -0.25) is 4.79 Å². The van der Waals surface area contributed by atoms with Crippen LogP contribution in [-0.2, 0) is 10.2 Å². The Hall–Kier alpha value is -2.99. The quantitative estimate of drug-likeness (QED) is 0.618. The van der Waals surface area contributed by atoms with Crippen molar-refractivity contribution in [3.05, 3.63) is 53.7 Å². The van der Waals surface area contributed by atoms with Gasteiger partial charge in [0.2, 0.25) is 5.91 Å². The van der Waals surface area contributed by atoms with Gasteiger partial charge in [0.1, 0.15) is 13.2 Å². The molecule has 6 nitrogen and oxygen atoms in total. The first-order valence-electron chi connectivity index (χ1n) is 10.0. The van der Waals surface area contributed by atoms with Crippen LogP contribution < -0.4 is 14.8 Å². The number of aromatic amines is 1. The number of ether oxygens (including phenoxy) is 2. The average Bonchev–Trinajstić information content (AvgIpc) is 3.46. The molecule has 1 unspecified atom stereocenters. The van der Waals surface area contributed by atoms with Crippen LogP contribution in [0.15, 0.2) is 42.5 Å². The van der Waals surface area contributed by atoms with Gasteiger partial charge in [-0.25, -0.2) is 0 Å². The fourth-order valence-corrected chi connectivity index (χ4v) is 3.96. The van der Waals surface area contributed by atoms with Crippen LogP contribution in [0.3, 0.4) is 0 Å². The largest absolute Gasteiger partial charge is 0.486 e. The number of amides is 1. The molecule has 6 heteroatoms. The summed E-state index contributed by atoms with van der Waals surface area (Å²) in [4.78, 5) is 16.5. The summed E-state index contributed by atoms with van der Waals surface area (Å²) in [5, 5.41) is 13.5. The van der Waals surface area contributed by atoms with Gasteiger partial charge in [0.25, 0.3) is 0 Å². The van der Waals surface area contributed by atoms with E-state index in [9.17, 15) is 9.90 Å². The maximum atomic E-state index is 13.1. The normalized spacial score (nSPS) is 17.7. The summed E-state index contributed by atoms with van der Waals surface area (Å²) in [6.45, 7) is 3.15. The highest BCUT2D eigenvalue weighted by molar-refractivity contribution is 6.02. The topological polar surface area (TPSA) is 83.6 Å². The summed E-state index contributed by atoms with van der Waals surface area (Å²) < 4.78 is 11.3. The Morgan fingerprint density at radius 2 is 1.93 bits per heavy atom. The van der Waals surface area contributed by atoms with Crippen LogP contribution in [0.4, 0.5) is 5.69 Å². The molecular formula is C23H24N2O4. The highest BCUT2D eigenvalue weighted by Crippen LogP contribution is 2.51. The first-order chi connectivity index (χ1) is 14.1. The Morgan fingerprint density at radius 3 is 2.69 bits per heavy atom. The number of hydrogen-bond donors (Lipinski definition) is 3. The van der Waals surface area contributed by atoms with Crippen molar-refractivity contribution in [1.29, 1.82) is 0 Å². The van der Waals surface area contributed by atoms with E-state index in [1.54, 1.807) is 0 Å². The SMILES string of the molecule is CC(CO)c1cc2cc(NC(=O)C3(c4ccc5c(c4)OCCO5)CC3)ccc2[nH]1. The summed E-state index contributed by atoms with van der Waals surface area (Å²) in [5.74, 6) is 1.51. The van der Waals surface area contributed by atoms with Crippen LogP contribution in [0.2, 0.25) is 0 Å². The third kappa shape index (κ3) is 3.13. The number of aromatic nitrogens is 1. The first-order valence-corrected chi connectivity index (χ1v) is 10.0. The standard InChI is InChI=1S/C23H24N2O4/c1-14(13-26)19-11-15-10-17(3-4-18(15)25-19)24-22(27)23(6-7-23)16-2-5-20-21(12-16)29-9-8-28-20/h2-5,10-12,14,25-26H,6-9,13H2,1H3,(H,24,27). The number of anilines is 1. The van der Waals surface area contributed by atoms with E-state index in [4.69, 9.17) is 9.47 Å². The molecule has 2 aromatic carbocycles. The maximum absolute atomic E-state index is 13.1. The second-order valence-electron chi connectivity index (χ2n) is 8.00. The van der Waals surface area contributed by atoms with Crippen LogP contribution in [0.5, 0.6) is 11.5 Å². The smallest absolute Gasteiger partial charge is 0.235 e. The molecule has 1 fully saturated rings. The van der Waals surface area contributed by atoms with Gasteiger partial charge in [0, 0.05) is 28.2 Å². The van der Waals surface area contributed by atoms with Crippen LogP contribution >= 0.6 is 0 Å². The molecule has 3 aromatic rings. The van der Waals surface area contributed by atoms with E-state index in [1.165, 1.54) is 0 Å². The van der Waals surface area contributed by atoms with Crippen molar-refractivity contribution in [2.75, 3.05) is 25.1 Å². The molecule has 1 aromatic heterocycles. The van der Waals surface area contributed by atoms with Gasteiger partial charge in [-0.05, 0) is 54.8 Å². The number of nitrogens with one attached hydrogen (secondary N) is 2. The molecule has 1 amide bonds. The average molecular weight is 392 g/mol. The molecule has 0 spiro atoms. The van der Waals surface area contributed by atoms with Gasteiger partial charge in [0.15, 0.2) is 11.5 Å². The van der Waals surface area contributed by atoms with Crippen molar-refractivity contribution in [2.24, 2.45) is 0 Å². The summed E-state index contributed by atoms with van der Waals surface area (Å²) in [5.41, 5.74) is 3.22. The van der Waals surface area contributed by atoms with Gasteiger partial charge in [-0.1, -0.05) is 13.0 Å². The summed E-state index contributed by atoms with van der Waals surface area (Å²) in [6.07, 6.45) is 1.64. The van der Waals surface area contributed by atoms with E-state index >= 15 is 0 Å². The van der Waals surface area contributed by atoms with Crippen LogP contribution in [0.25, 0.3) is 10.9 Å². The molecular weight excluding hydrogens is 368 g/mol. The molecule has 0 saturated heterocycles. The number of aliphatic hydroxyl groups is 1. The number of carbonyl (C=O) groups excluding carboxylic acids is 1. The Labute approximate surface area is 168 Å². The van der Waals surface area contributed by atoms with E-state index < -0.39 is 5.41 Å². The third-order valence-electron chi connectivity index (χ3n) is 5.98. The maximum Gasteiger partial charge on any atom is 0.235 e. The number of aliphatic hydroxyl groups excluding tert-OH is 1. The molecule has 29 heavy (non-hydrogen) atoms. The van der Waals surface area contributed by atoms with E-state index in [-0.39, 0.29) is 18.4 Å². The lowest BCUT2D eigenvalue weighted by molar-refractivity contribution is -0.118. The lowest BCUT2D eigenvalue weighted by Crippen LogP contribution is -2.28. The Morgan fingerprint density at radius 1 is 1.14 bits per heavy atom. The van der Waals surface area contributed by atoms with E-state index in [0.29, 0.717) is 19.0 Å². The number of hydrogen-bond acceptors (Lipinski definition) is 4. The lowest BCUT2D eigenvalue weighted by atomic mass is 9.94. The molecule has 1 aliphatic heterocycles. The van der Waals surface area contributed by atoms with Crippen molar-refractivity contribution in [3.63, 3.8) is 0 Å². The van der Waals surface area contributed by atoms with Gasteiger partial charge in [0.05, 0.1) is 12.0 Å². The van der Waals surface area contributed by atoms with Crippen molar-refractivity contribution in [3.8, 4) is 11.5 Å². The second kappa shape index (κ2) is 6.81. The zero-order valence-electron chi connectivity index (χ0n) is 16.3. The van der Waals surface area contributed by atoms with Crippen molar-refractivity contribution in [2.45, 2.75) is 31.1 Å². The molecule has 150 valence electrons. The van der Waals surface area contributed by atoms with Crippen molar-refractivity contribution in [1.82, 2.24) is 4.98 Å². The van der Waals surface area contributed by atoms with E-state index in [0.717, 1.165) is 46.4 Å². The zero-order valence-corrected chi connectivity index (χ0v) is 16.3. The molecule has 2 aliphatic rings. The minimum atomic E-state index is -0.500. The molecule has 0 radical (unpaired) electrons. The molecule has 0 bridgehead atoms. The fourth-order valence-electron chi connectivity index (χ4n) is 3.96. The van der Waals surface area contributed by atoms with Crippen molar-refractivity contribution < 1.29 is 19.4 Å². The Kier molecular flexibility index (Phi) is 4.24. The minimum absolute atomic E-state index is 0.00742. The van der Waals surface area contributed by atoms with Crippen LogP contribution in [-0.4, -0.2) is 35.8 Å². The summed E-state index contributed by atoms with van der Waals surface area (Å²) >= 11 is 0. The van der Waals surface area contributed by atoms with Crippen LogP contribution in [0, 0.1) is 0 Å². The number of benzene rings is 2. The molecule has 5 rings (SSSR count). The highest BCUT2D eigenvalue weighted by Gasteiger charge is 2.51. The number of H-pyrrole nitrogens is 1. The fraction of sp³-hybridized carbons (Fsp3) is 0.348. The van der Waals surface area contributed by atoms with Gasteiger partial charge in [-0.15, -0.1) is 0 Å². The highest BCUT2D eigenvalue weighted by atomic mass is 16.6. The molecule has 1 atom stereocenters. The second-order valence-corrected chi connectivity index (χ2v) is 8.00. The van der Waals surface area contributed by atoms with E-state index in [1.807, 2.05) is 49.4 Å². The summed E-state index contributed by atoms with van der Waals surface area (Å²) in [6, 6.07) is 13.7. The van der Waals surface area contributed by atoms with E-state index in [2.05, 4.69) is 10.3 Å². The summed E-state index contributed by atoms with van der Waals surface area (Å²) in [7, 11) is 0. The Bertz CT molecular complexity index is 1080. The number of rotatable bonds is 5. The minimum Gasteiger partial charge on any atom is -0.486 e. The third-order valence-corrected chi connectivity index (χ3v) is 5.98. The first kappa shape index (κ1) is 18.1. The molecule has 2 heterocycles.